The van der Waals surface area contributed by atoms with E-state index >= 15 is 0 Å². The molecule has 1 aliphatic rings. The first-order chi connectivity index (χ1) is 14.9. The van der Waals surface area contributed by atoms with Gasteiger partial charge in [-0.2, -0.15) is 0 Å². The van der Waals surface area contributed by atoms with Crippen molar-refractivity contribution in [2.45, 2.75) is 38.9 Å². The summed E-state index contributed by atoms with van der Waals surface area (Å²) >= 11 is 0. The van der Waals surface area contributed by atoms with Gasteiger partial charge in [0.25, 0.3) is 5.91 Å². The normalized spacial score (nSPS) is 15.6. The SMILES string of the molecule is CC(C(=O)N(Cc1ccccc1)c1ccccc1)N1C(=O)C(C)(C)Nc2ccccc21. The highest BCUT2D eigenvalue weighted by Crippen LogP contribution is 2.37. The highest BCUT2D eigenvalue weighted by Gasteiger charge is 2.43. The molecule has 0 saturated carbocycles. The highest BCUT2D eigenvalue weighted by atomic mass is 16.2. The summed E-state index contributed by atoms with van der Waals surface area (Å²) in [4.78, 5) is 30.6. The lowest BCUT2D eigenvalue weighted by Crippen LogP contribution is -2.60. The van der Waals surface area contributed by atoms with E-state index < -0.39 is 11.6 Å². The molecule has 1 aliphatic heterocycles. The summed E-state index contributed by atoms with van der Waals surface area (Å²) < 4.78 is 0. The molecule has 0 radical (unpaired) electrons. The molecule has 1 unspecified atom stereocenters. The molecule has 158 valence electrons. The summed E-state index contributed by atoms with van der Waals surface area (Å²) in [6.07, 6.45) is 0. The number of hydrogen-bond donors (Lipinski definition) is 1. The first-order valence-corrected chi connectivity index (χ1v) is 10.5. The number of hydrogen-bond acceptors (Lipinski definition) is 3. The van der Waals surface area contributed by atoms with E-state index in [-0.39, 0.29) is 11.8 Å². The maximum atomic E-state index is 13.8. The molecule has 1 atom stereocenters. The van der Waals surface area contributed by atoms with Gasteiger partial charge in [-0.25, -0.2) is 0 Å². The van der Waals surface area contributed by atoms with E-state index in [0.29, 0.717) is 6.54 Å². The van der Waals surface area contributed by atoms with E-state index in [1.54, 1.807) is 16.7 Å². The Morgan fingerprint density at radius 2 is 1.52 bits per heavy atom. The van der Waals surface area contributed by atoms with Gasteiger partial charge in [0, 0.05) is 5.69 Å². The zero-order valence-electron chi connectivity index (χ0n) is 18.1. The van der Waals surface area contributed by atoms with Gasteiger partial charge in [-0.15, -0.1) is 0 Å². The molecule has 0 aromatic heterocycles. The highest BCUT2D eigenvalue weighted by molar-refractivity contribution is 6.13. The quantitative estimate of drug-likeness (QED) is 0.651. The Balaban J connectivity index is 1.72. The monoisotopic (exact) mass is 413 g/mol. The van der Waals surface area contributed by atoms with Crippen molar-refractivity contribution >= 4 is 28.9 Å². The molecule has 3 aromatic carbocycles. The Kier molecular flexibility index (Phi) is 5.51. The van der Waals surface area contributed by atoms with E-state index in [2.05, 4.69) is 5.32 Å². The molecule has 5 heteroatoms. The first-order valence-electron chi connectivity index (χ1n) is 10.5. The van der Waals surface area contributed by atoms with Gasteiger partial charge < -0.3 is 10.2 Å². The fraction of sp³-hybridized carbons (Fsp3) is 0.231. The predicted octanol–water partition coefficient (Wildman–Crippen LogP) is 4.85. The molecule has 0 spiro atoms. The van der Waals surface area contributed by atoms with E-state index in [9.17, 15) is 9.59 Å². The second-order valence-electron chi connectivity index (χ2n) is 8.36. The van der Waals surface area contributed by atoms with Crippen LogP contribution in [0.2, 0.25) is 0 Å². The number of rotatable bonds is 5. The summed E-state index contributed by atoms with van der Waals surface area (Å²) in [6.45, 7) is 5.92. The standard InChI is InChI=1S/C26H27N3O2/c1-19(29-23-17-11-10-16-22(23)27-26(2,3)25(29)31)24(30)28(21-14-8-5-9-15-21)18-20-12-6-4-7-13-20/h4-17,19,27H,18H2,1-3H3. The van der Waals surface area contributed by atoms with Crippen molar-refractivity contribution in [2.24, 2.45) is 0 Å². The Hall–Kier alpha value is -3.60. The van der Waals surface area contributed by atoms with Gasteiger partial charge in [0.1, 0.15) is 11.6 Å². The number of nitrogens with one attached hydrogen (secondary N) is 1. The molecule has 0 fully saturated rings. The largest absolute Gasteiger partial charge is 0.370 e. The first kappa shape index (κ1) is 20.7. The number of nitrogens with zero attached hydrogens (tertiary/aromatic N) is 2. The number of anilines is 3. The Morgan fingerprint density at radius 3 is 2.19 bits per heavy atom. The van der Waals surface area contributed by atoms with Crippen molar-refractivity contribution in [1.82, 2.24) is 0 Å². The lowest BCUT2D eigenvalue weighted by molar-refractivity contribution is -0.126. The maximum absolute atomic E-state index is 13.8. The molecule has 4 rings (SSSR count). The fourth-order valence-electron chi connectivity index (χ4n) is 3.98. The van der Waals surface area contributed by atoms with Crippen LogP contribution in [0.1, 0.15) is 26.3 Å². The number of amides is 2. The van der Waals surface area contributed by atoms with Crippen LogP contribution in [0.3, 0.4) is 0 Å². The molecule has 0 bridgehead atoms. The number of fused-ring (bicyclic) bond motifs is 1. The second kappa shape index (κ2) is 8.26. The Labute approximate surface area is 183 Å². The van der Waals surface area contributed by atoms with Crippen LogP contribution in [-0.2, 0) is 16.1 Å². The average molecular weight is 414 g/mol. The summed E-state index contributed by atoms with van der Waals surface area (Å²) in [6, 6.07) is 26.4. The second-order valence-corrected chi connectivity index (χ2v) is 8.36. The van der Waals surface area contributed by atoms with Gasteiger partial charge in [-0.1, -0.05) is 60.7 Å². The summed E-state index contributed by atoms with van der Waals surface area (Å²) in [5.74, 6) is -0.254. The molecular weight excluding hydrogens is 386 g/mol. The van der Waals surface area contributed by atoms with Crippen molar-refractivity contribution in [3.05, 3.63) is 90.5 Å². The van der Waals surface area contributed by atoms with Crippen LogP contribution in [0.4, 0.5) is 17.1 Å². The minimum atomic E-state index is -0.806. The van der Waals surface area contributed by atoms with Gasteiger partial charge in [0.05, 0.1) is 17.9 Å². The molecule has 3 aromatic rings. The summed E-state index contributed by atoms with van der Waals surface area (Å²) in [5, 5.41) is 3.29. The third kappa shape index (κ3) is 4.04. The average Bonchev–Trinajstić information content (AvgIpc) is 2.78. The van der Waals surface area contributed by atoms with Crippen LogP contribution in [0.15, 0.2) is 84.9 Å². The van der Waals surface area contributed by atoms with Crippen LogP contribution in [0.5, 0.6) is 0 Å². The maximum Gasteiger partial charge on any atom is 0.252 e. The van der Waals surface area contributed by atoms with E-state index in [4.69, 9.17) is 0 Å². The molecule has 31 heavy (non-hydrogen) atoms. The molecule has 0 aliphatic carbocycles. The topological polar surface area (TPSA) is 52.7 Å². The van der Waals surface area contributed by atoms with Gasteiger partial charge in [-0.3, -0.25) is 14.5 Å². The Bertz CT molecular complexity index is 1080. The smallest absolute Gasteiger partial charge is 0.252 e. The van der Waals surface area contributed by atoms with E-state index in [1.165, 1.54) is 0 Å². The van der Waals surface area contributed by atoms with Gasteiger partial charge >= 0.3 is 0 Å². The zero-order valence-corrected chi connectivity index (χ0v) is 18.1. The number of carbonyl (C=O) groups excluding carboxylic acids is 2. The third-order valence-electron chi connectivity index (χ3n) is 5.63. The summed E-state index contributed by atoms with van der Waals surface area (Å²) in [5.41, 5.74) is 2.60. The van der Waals surface area contributed by atoms with E-state index in [1.807, 2.05) is 98.8 Å². The van der Waals surface area contributed by atoms with E-state index in [0.717, 1.165) is 22.6 Å². The van der Waals surface area contributed by atoms with Crippen molar-refractivity contribution < 1.29 is 9.59 Å². The minimum Gasteiger partial charge on any atom is -0.370 e. The van der Waals surface area contributed by atoms with Crippen LogP contribution in [0, 0.1) is 0 Å². The molecule has 5 nitrogen and oxygen atoms in total. The third-order valence-corrected chi connectivity index (χ3v) is 5.63. The van der Waals surface area contributed by atoms with Crippen LogP contribution in [0.25, 0.3) is 0 Å². The summed E-state index contributed by atoms with van der Waals surface area (Å²) in [7, 11) is 0. The van der Waals surface area contributed by atoms with Gasteiger partial charge in [-0.05, 0) is 50.6 Å². The molecule has 2 amide bonds. The minimum absolute atomic E-state index is 0.125. The molecule has 1 heterocycles. The van der Waals surface area contributed by atoms with Gasteiger partial charge in [0.2, 0.25) is 5.91 Å². The molecule has 1 N–H and O–H groups in total. The van der Waals surface area contributed by atoms with Crippen molar-refractivity contribution in [2.75, 3.05) is 15.1 Å². The molecule has 0 saturated heterocycles. The zero-order chi connectivity index (χ0) is 22.0. The fourth-order valence-corrected chi connectivity index (χ4v) is 3.98. The van der Waals surface area contributed by atoms with Crippen LogP contribution >= 0.6 is 0 Å². The lowest BCUT2D eigenvalue weighted by Gasteiger charge is -2.43. The number of para-hydroxylation sites is 3. The predicted molar refractivity (Wildman–Crippen MR) is 125 cm³/mol. The number of benzene rings is 3. The molecular formula is C26H27N3O2. The lowest BCUT2D eigenvalue weighted by atomic mass is 9.96. The van der Waals surface area contributed by atoms with Crippen molar-refractivity contribution in [3.8, 4) is 0 Å². The van der Waals surface area contributed by atoms with Crippen LogP contribution < -0.4 is 15.1 Å². The van der Waals surface area contributed by atoms with Crippen LogP contribution in [-0.4, -0.2) is 23.4 Å². The number of carbonyl (C=O) groups is 2. The van der Waals surface area contributed by atoms with Crippen molar-refractivity contribution in [1.29, 1.82) is 0 Å². The van der Waals surface area contributed by atoms with Gasteiger partial charge in [0.15, 0.2) is 0 Å². The Morgan fingerprint density at radius 1 is 0.935 bits per heavy atom. The van der Waals surface area contributed by atoms with Crippen molar-refractivity contribution in [3.63, 3.8) is 0 Å².